The van der Waals surface area contributed by atoms with Crippen molar-refractivity contribution in [1.29, 1.82) is 0 Å². The third kappa shape index (κ3) is 4.33. The van der Waals surface area contributed by atoms with Gasteiger partial charge < -0.3 is 5.32 Å². The van der Waals surface area contributed by atoms with Crippen molar-refractivity contribution in [3.63, 3.8) is 0 Å². The number of rotatable bonds is 5. The molecule has 0 saturated carbocycles. The number of benzene rings is 2. The summed E-state index contributed by atoms with van der Waals surface area (Å²) in [6.45, 7) is 4.37. The maximum Gasteiger partial charge on any atom is 0.228 e. The van der Waals surface area contributed by atoms with E-state index in [0.717, 1.165) is 17.7 Å². The van der Waals surface area contributed by atoms with Crippen LogP contribution in [0.4, 0.5) is 5.69 Å². The van der Waals surface area contributed by atoms with E-state index in [-0.39, 0.29) is 12.3 Å². The number of hydrogen-bond donors (Lipinski definition) is 1. The molecule has 1 N–H and O–H groups in total. The molecule has 0 aliphatic rings. The highest BCUT2D eigenvalue weighted by molar-refractivity contribution is 6.31. The Morgan fingerprint density at radius 3 is 2.43 bits per heavy atom. The zero-order valence-corrected chi connectivity index (χ0v) is 13.2. The standard InChI is InChI=1S/C18H20ClNO/c1-3-13(2)14-8-10-16(11-9-14)20-18(21)12-15-6-4-5-7-17(15)19/h4-11,13H,3,12H2,1-2H3,(H,20,21)/t13-/m0/s1. The van der Waals surface area contributed by atoms with Crippen molar-refractivity contribution in [2.75, 3.05) is 5.32 Å². The molecule has 2 rings (SSSR count). The summed E-state index contributed by atoms with van der Waals surface area (Å²) in [6.07, 6.45) is 1.39. The topological polar surface area (TPSA) is 29.1 Å². The Morgan fingerprint density at radius 2 is 1.81 bits per heavy atom. The van der Waals surface area contributed by atoms with Gasteiger partial charge in [0.25, 0.3) is 0 Å². The summed E-state index contributed by atoms with van der Waals surface area (Å²) < 4.78 is 0. The summed E-state index contributed by atoms with van der Waals surface area (Å²) >= 11 is 6.06. The van der Waals surface area contributed by atoms with Crippen molar-refractivity contribution in [1.82, 2.24) is 0 Å². The van der Waals surface area contributed by atoms with Crippen LogP contribution in [0.2, 0.25) is 5.02 Å². The van der Waals surface area contributed by atoms with Crippen LogP contribution in [0.15, 0.2) is 48.5 Å². The molecule has 0 aliphatic carbocycles. The molecule has 21 heavy (non-hydrogen) atoms. The number of nitrogens with one attached hydrogen (secondary N) is 1. The molecule has 1 atom stereocenters. The minimum Gasteiger partial charge on any atom is -0.326 e. The molecule has 0 fully saturated rings. The van der Waals surface area contributed by atoms with E-state index in [2.05, 4.69) is 31.3 Å². The summed E-state index contributed by atoms with van der Waals surface area (Å²) in [5.41, 5.74) is 2.95. The van der Waals surface area contributed by atoms with Crippen LogP contribution in [0.1, 0.15) is 37.3 Å². The van der Waals surface area contributed by atoms with E-state index in [1.165, 1.54) is 5.56 Å². The van der Waals surface area contributed by atoms with Gasteiger partial charge in [-0.3, -0.25) is 4.79 Å². The van der Waals surface area contributed by atoms with Gasteiger partial charge in [0.2, 0.25) is 5.91 Å². The lowest BCUT2D eigenvalue weighted by atomic mass is 9.98. The third-order valence-electron chi connectivity index (χ3n) is 3.68. The minimum absolute atomic E-state index is 0.0561. The molecule has 0 saturated heterocycles. The highest BCUT2D eigenvalue weighted by Gasteiger charge is 2.08. The van der Waals surface area contributed by atoms with Crippen LogP contribution in [0.5, 0.6) is 0 Å². The second-order valence-corrected chi connectivity index (χ2v) is 5.65. The zero-order valence-electron chi connectivity index (χ0n) is 12.4. The van der Waals surface area contributed by atoms with Gasteiger partial charge in [0, 0.05) is 10.7 Å². The SMILES string of the molecule is CC[C@H](C)c1ccc(NC(=O)Cc2ccccc2Cl)cc1. The van der Waals surface area contributed by atoms with Gasteiger partial charge in [-0.05, 0) is 41.7 Å². The fraction of sp³-hybridized carbons (Fsp3) is 0.278. The number of carbonyl (C=O) groups is 1. The van der Waals surface area contributed by atoms with Gasteiger partial charge in [-0.1, -0.05) is 55.8 Å². The third-order valence-corrected chi connectivity index (χ3v) is 4.05. The number of halogens is 1. The van der Waals surface area contributed by atoms with E-state index in [0.29, 0.717) is 10.9 Å². The van der Waals surface area contributed by atoms with Crippen LogP contribution in [-0.4, -0.2) is 5.91 Å². The Balaban J connectivity index is 1.98. The van der Waals surface area contributed by atoms with Gasteiger partial charge in [-0.15, -0.1) is 0 Å². The summed E-state index contributed by atoms with van der Waals surface area (Å²) in [5.74, 6) is 0.484. The molecular weight excluding hydrogens is 282 g/mol. The van der Waals surface area contributed by atoms with Crippen molar-refractivity contribution in [3.05, 3.63) is 64.7 Å². The van der Waals surface area contributed by atoms with Crippen LogP contribution in [0.25, 0.3) is 0 Å². The van der Waals surface area contributed by atoms with Crippen LogP contribution < -0.4 is 5.32 Å². The molecule has 2 aromatic carbocycles. The van der Waals surface area contributed by atoms with Gasteiger partial charge in [-0.2, -0.15) is 0 Å². The van der Waals surface area contributed by atoms with Crippen molar-refractivity contribution < 1.29 is 4.79 Å². The highest BCUT2D eigenvalue weighted by Crippen LogP contribution is 2.21. The Hall–Kier alpha value is -1.80. The Kier molecular flexibility index (Phi) is 5.40. The molecule has 2 nitrogen and oxygen atoms in total. The van der Waals surface area contributed by atoms with E-state index in [9.17, 15) is 4.79 Å². The number of hydrogen-bond acceptors (Lipinski definition) is 1. The van der Waals surface area contributed by atoms with Gasteiger partial charge in [-0.25, -0.2) is 0 Å². The molecule has 0 aromatic heterocycles. The molecule has 110 valence electrons. The Morgan fingerprint density at radius 1 is 1.14 bits per heavy atom. The van der Waals surface area contributed by atoms with Crippen LogP contribution >= 0.6 is 11.6 Å². The average molecular weight is 302 g/mol. The molecule has 0 radical (unpaired) electrons. The number of amides is 1. The van der Waals surface area contributed by atoms with E-state index in [1.54, 1.807) is 6.07 Å². The minimum atomic E-state index is -0.0561. The van der Waals surface area contributed by atoms with Crippen molar-refractivity contribution in [2.24, 2.45) is 0 Å². The molecule has 0 unspecified atom stereocenters. The Bertz CT molecular complexity index is 607. The molecular formula is C18H20ClNO. The lowest BCUT2D eigenvalue weighted by molar-refractivity contribution is -0.115. The van der Waals surface area contributed by atoms with Gasteiger partial charge in [0.1, 0.15) is 0 Å². The summed E-state index contributed by atoms with van der Waals surface area (Å²) in [6, 6.07) is 15.4. The first-order chi connectivity index (χ1) is 10.1. The molecule has 0 aliphatic heterocycles. The van der Waals surface area contributed by atoms with Crippen LogP contribution in [0.3, 0.4) is 0 Å². The maximum atomic E-state index is 12.0. The van der Waals surface area contributed by atoms with Gasteiger partial charge in [0.05, 0.1) is 6.42 Å². The smallest absolute Gasteiger partial charge is 0.228 e. The average Bonchev–Trinajstić information content (AvgIpc) is 2.49. The molecule has 0 spiro atoms. The molecule has 0 heterocycles. The predicted molar refractivity (Wildman–Crippen MR) is 88.9 cm³/mol. The molecule has 1 amide bonds. The summed E-state index contributed by atoms with van der Waals surface area (Å²) in [4.78, 5) is 12.0. The molecule has 0 bridgehead atoms. The van der Waals surface area contributed by atoms with E-state index < -0.39 is 0 Å². The number of anilines is 1. The quantitative estimate of drug-likeness (QED) is 0.824. The van der Waals surface area contributed by atoms with E-state index in [4.69, 9.17) is 11.6 Å². The lowest BCUT2D eigenvalue weighted by Gasteiger charge is -2.11. The van der Waals surface area contributed by atoms with E-state index >= 15 is 0 Å². The van der Waals surface area contributed by atoms with Crippen molar-refractivity contribution in [2.45, 2.75) is 32.6 Å². The molecule has 3 heteroatoms. The maximum absolute atomic E-state index is 12.0. The first-order valence-electron chi connectivity index (χ1n) is 7.23. The van der Waals surface area contributed by atoms with Crippen LogP contribution in [-0.2, 0) is 11.2 Å². The van der Waals surface area contributed by atoms with E-state index in [1.807, 2.05) is 30.3 Å². The largest absolute Gasteiger partial charge is 0.326 e. The van der Waals surface area contributed by atoms with Gasteiger partial charge in [0.15, 0.2) is 0 Å². The monoisotopic (exact) mass is 301 g/mol. The fourth-order valence-electron chi connectivity index (χ4n) is 2.15. The predicted octanol–water partition coefficient (Wildman–Crippen LogP) is 5.03. The second-order valence-electron chi connectivity index (χ2n) is 5.25. The lowest BCUT2D eigenvalue weighted by Crippen LogP contribution is -2.14. The van der Waals surface area contributed by atoms with Crippen molar-refractivity contribution >= 4 is 23.2 Å². The first-order valence-corrected chi connectivity index (χ1v) is 7.61. The highest BCUT2D eigenvalue weighted by atomic mass is 35.5. The first kappa shape index (κ1) is 15.6. The normalized spacial score (nSPS) is 12.0. The zero-order chi connectivity index (χ0) is 15.2. The van der Waals surface area contributed by atoms with Gasteiger partial charge >= 0.3 is 0 Å². The summed E-state index contributed by atoms with van der Waals surface area (Å²) in [7, 11) is 0. The Labute approximate surface area is 131 Å². The number of carbonyl (C=O) groups excluding carboxylic acids is 1. The molecule has 2 aromatic rings. The summed E-state index contributed by atoms with van der Waals surface area (Å²) in [5, 5.41) is 3.53. The fourth-order valence-corrected chi connectivity index (χ4v) is 2.35. The van der Waals surface area contributed by atoms with Crippen molar-refractivity contribution in [3.8, 4) is 0 Å². The van der Waals surface area contributed by atoms with Crippen LogP contribution in [0, 0.1) is 0 Å². The second kappa shape index (κ2) is 7.28.